The van der Waals surface area contributed by atoms with Crippen molar-refractivity contribution in [1.82, 2.24) is 0 Å². The van der Waals surface area contributed by atoms with Crippen molar-refractivity contribution in [2.75, 3.05) is 0 Å². The quantitative estimate of drug-likeness (QED) is 0.791. The topological polar surface area (TPSA) is 37.3 Å². The van der Waals surface area contributed by atoms with E-state index < -0.39 is 5.97 Å². The molecule has 0 aliphatic carbocycles. The maximum atomic E-state index is 10.9. The van der Waals surface area contributed by atoms with Gasteiger partial charge in [0.25, 0.3) is 0 Å². The fraction of sp³-hybridized carbons (Fsp3) is 0.0833. The van der Waals surface area contributed by atoms with Gasteiger partial charge in [0, 0.05) is 0 Å². The van der Waals surface area contributed by atoms with Gasteiger partial charge in [-0.25, -0.2) is 4.79 Å². The molecule has 2 rings (SSSR count). The number of aromatic carboxylic acids is 1. The minimum absolute atomic E-state index is 0. The van der Waals surface area contributed by atoms with Gasteiger partial charge in [-0.1, -0.05) is 35.9 Å². The summed E-state index contributed by atoms with van der Waals surface area (Å²) in [6.07, 6.45) is 0. The first-order chi connectivity index (χ1) is 6.68. The SMILES string of the molecule is Cc1ccc2c(C(=O)O)cccc2c1.[GaH3]. The average Bonchev–Trinajstić information content (AvgIpc) is 2.16. The van der Waals surface area contributed by atoms with Crippen LogP contribution in [0.2, 0.25) is 0 Å². The van der Waals surface area contributed by atoms with E-state index >= 15 is 0 Å². The van der Waals surface area contributed by atoms with Crippen LogP contribution in [0.3, 0.4) is 0 Å². The third kappa shape index (κ3) is 2.25. The first-order valence-corrected chi connectivity index (χ1v) is 4.41. The normalized spacial score (nSPS) is 9.67. The van der Waals surface area contributed by atoms with E-state index in [9.17, 15) is 4.79 Å². The maximum absolute atomic E-state index is 10.9. The molecule has 0 atom stereocenters. The Labute approximate surface area is 101 Å². The van der Waals surface area contributed by atoms with Crippen molar-refractivity contribution in [3.8, 4) is 0 Å². The summed E-state index contributed by atoms with van der Waals surface area (Å²) in [4.78, 5) is 10.9. The summed E-state index contributed by atoms with van der Waals surface area (Å²) in [6.45, 7) is 1.99. The van der Waals surface area contributed by atoms with Crippen molar-refractivity contribution in [2.45, 2.75) is 6.92 Å². The third-order valence-corrected chi connectivity index (χ3v) is 2.27. The fourth-order valence-corrected chi connectivity index (χ4v) is 1.59. The van der Waals surface area contributed by atoms with Gasteiger partial charge in [0.05, 0.1) is 5.56 Å². The van der Waals surface area contributed by atoms with Crippen LogP contribution in [0.5, 0.6) is 0 Å². The molecule has 0 saturated heterocycles. The summed E-state index contributed by atoms with van der Waals surface area (Å²) in [5.41, 5.74) is 1.50. The van der Waals surface area contributed by atoms with Gasteiger partial charge in [-0.05, 0) is 23.8 Å². The molecule has 0 fully saturated rings. The van der Waals surface area contributed by atoms with Crippen molar-refractivity contribution >= 4 is 36.5 Å². The Morgan fingerprint density at radius 1 is 1.20 bits per heavy atom. The van der Waals surface area contributed by atoms with Crippen molar-refractivity contribution in [1.29, 1.82) is 0 Å². The Balaban J connectivity index is 0.00000112. The van der Waals surface area contributed by atoms with Gasteiger partial charge >= 0.3 is 25.8 Å². The standard InChI is InChI=1S/C12H10O2.Ga.3H/c1-8-5-6-10-9(7-8)3-2-4-11(10)12(13)14;;;;/h2-7H,1H3,(H,13,14);;;;. The van der Waals surface area contributed by atoms with Gasteiger partial charge in [0.1, 0.15) is 0 Å². The summed E-state index contributed by atoms with van der Waals surface area (Å²) in [6, 6.07) is 11.1. The number of benzene rings is 2. The van der Waals surface area contributed by atoms with Crippen molar-refractivity contribution in [3.05, 3.63) is 47.5 Å². The van der Waals surface area contributed by atoms with Gasteiger partial charge in [-0.2, -0.15) is 0 Å². The Morgan fingerprint density at radius 3 is 2.60 bits per heavy atom. The number of rotatable bonds is 1. The molecule has 2 aromatic carbocycles. The molecule has 2 aromatic rings. The number of hydrogen-bond donors (Lipinski definition) is 1. The molecule has 76 valence electrons. The molecule has 0 unspecified atom stereocenters. The number of aryl methyl sites for hydroxylation is 1. The van der Waals surface area contributed by atoms with Crippen molar-refractivity contribution in [3.63, 3.8) is 0 Å². The van der Waals surface area contributed by atoms with E-state index in [1.807, 2.05) is 31.2 Å². The van der Waals surface area contributed by atoms with Gasteiger partial charge < -0.3 is 5.11 Å². The average molecular weight is 259 g/mol. The van der Waals surface area contributed by atoms with E-state index in [1.165, 1.54) is 0 Å². The molecule has 15 heavy (non-hydrogen) atoms. The molecule has 0 radical (unpaired) electrons. The van der Waals surface area contributed by atoms with Crippen LogP contribution in [0, 0.1) is 6.92 Å². The fourth-order valence-electron chi connectivity index (χ4n) is 1.59. The number of fused-ring (bicyclic) bond motifs is 1. The Morgan fingerprint density at radius 2 is 1.93 bits per heavy atom. The predicted octanol–water partition coefficient (Wildman–Crippen LogP) is 1.66. The third-order valence-electron chi connectivity index (χ3n) is 2.27. The number of carbonyl (C=O) groups is 1. The number of carboxylic acid groups (broad SMARTS) is 1. The monoisotopic (exact) mass is 258 g/mol. The zero-order valence-corrected chi connectivity index (χ0v) is 7.82. The molecule has 0 aliphatic rings. The van der Waals surface area contributed by atoms with Crippen LogP contribution in [-0.4, -0.2) is 30.9 Å². The van der Waals surface area contributed by atoms with E-state index in [1.54, 1.807) is 12.1 Å². The van der Waals surface area contributed by atoms with Crippen LogP contribution in [0.1, 0.15) is 15.9 Å². The zero-order valence-electron chi connectivity index (χ0n) is 7.82. The number of hydrogen-bond acceptors (Lipinski definition) is 1. The summed E-state index contributed by atoms with van der Waals surface area (Å²) in [5.74, 6) is -0.876. The Bertz CT molecular complexity index is 506. The predicted molar refractivity (Wildman–Crippen MR) is 65.6 cm³/mol. The Kier molecular flexibility index (Phi) is 3.60. The first-order valence-electron chi connectivity index (χ1n) is 4.41. The van der Waals surface area contributed by atoms with E-state index in [-0.39, 0.29) is 19.8 Å². The summed E-state index contributed by atoms with van der Waals surface area (Å²) >= 11 is 0. The number of carboxylic acids is 1. The Hall–Kier alpha value is -1.19. The second-order valence-electron chi connectivity index (χ2n) is 3.34. The van der Waals surface area contributed by atoms with Crippen LogP contribution in [0.4, 0.5) is 0 Å². The first kappa shape index (κ1) is 11.9. The molecule has 2 nitrogen and oxygen atoms in total. The molecule has 3 heteroatoms. The van der Waals surface area contributed by atoms with E-state index in [2.05, 4.69) is 0 Å². The van der Waals surface area contributed by atoms with Crippen LogP contribution < -0.4 is 0 Å². The second-order valence-corrected chi connectivity index (χ2v) is 3.34. The second kappa shape index (κ2) is 4.55. The molecule has 0 saturated carbocycles. The van der Waals surface area contributed by atoms with Crippen LogP contribution in [0.15, 0.2) is 36.4 Å². The summed E-state index contributed by atoms with van der Waals surface area (Å²) in [7, 11) is 0. The molecule has 0 aromatic heterocycles. The molecule has 0 spiro atoms. The van der Waals surface area contributed by atoms with Crippen LogP contribution in [-0.2, 0) is 0 Å². The zero-order chi connectivity index (χ0) is 10.1. The van der Waals surface area contributed by atoms with Gasteiger partial charge in [0.2, 0.25) is 0 Å². The van der Waals surface area contributed by atoms with Crippen LogP contribution in [0.25, 0.3) is 10.8 Å². The molecule has 0 amide bonds. The minimum atomic E-state index is -0.876. The molecular weight excluding hydrogens is 246 g/mol. The molecular formula is C12H13GaO2. The summed E-state index contributed by atoms with van der Waals surface area (Å²) < 4.78 is 0. The summed E-state index contributed by atoms with van der Waals surface area (Å²) in [5, 5.41) is 10.7. The van der Waals surface area contributed by atoms with Crippen molar-refractivity contribution < 1.29 is 9.90 Å². The van der Waals surface area contributed by atoms with Gasteiger partial charge in [-0.15, -0.1) is 0 Å². The van der Waals surface area contributed by atoms with Crippen LogP contribution >= 0.6 is 0 Å². The molecule has 0 aliphatic heterocycles. The molecule has 0 heterocycles. The van der Waals surface area contributed by atoms with E-state index in [0.717, 1.165) is 16.3 Å². The van der Waals surface area contributed by atoms with Gasteiger partial charge in [-0.3, -0.25) is 0 Å². The van der Waals surface area contributed by atoms with E-state index in [0.29, 0.717) is 5.56 Å². The molecule has 1 N–H and O–H groups in total. The van der Waals surface area contributed by atoms with Crippen molar-refractivity contribution in [2.24, 2.45) is 0 Å². The molecule has 0 bridgehead atoms. The van der Waals surface area contributed by atoms with Gasteiger partial charge in [0.15, 0.2) is 0 Å². The van der Waals surface area contributed by atoms with E-state index in [4.69, 9.17) is 5.11 Å².